The van der Waals surface area contributed by atoms with Gasteiger partial charge in [0, 0.05) is 11.3 Å². The molecule has 0 unspecified atom stereocenters. The van der Waals surface area contributed by atoms with Crippen molar-refractivity contribution in [2.24, 2.45) is 4.99 Å². The molecule has 13 heavy (non-hydrogen) atoms. The maximum atomic E-state index is 4.39. The van der Waals surface area contributed by atoms with Crippen LogP contribution in [0.1, 0.15) is 13.3 Å². The summed E-state index contributed by atoms with van der Waals surface area (Å²) in [5.74, 6) is 0. The maximum absolute atomic E-state index is 4.39. The van der Waals surface area contributed by atoms with Crippen molar-refractivity contribution in [3.05, 3.63) is 35.6 Å². The Morgan fingerprint density at radius 3 is 2.54 bits per heavy atom. The number of aliphatic imine (C=N–C) groups is 1. The normalized spacial score (nSPS) is 15.6. The predicted molar refractivity (Wildman–Crippen MR) is 43.0 cm³/mol. The largest absolute Gasteiger partial charge is 2.00 e. The number of hydrogen-bond donors (Lipinski definition) is 0. The van der Waals surface area contributed by atoms with Gasteiger partial charge in [-0.25, -0.2) is 0 Å². The summed E-state index contributed by atoms with van der Waals surface area (Å²) in [4.78, 5) is 4.39. The first-order valence-electron chi connectivity index (χ1n) is 3.58. The Hall–Kier alpha value is 0.353. The number of fused-ring (bicyclic) bond motifs is 1. The summed E-state index contributed by atoms with van der Waals surface area (Å²) in [5.41, 5.74) is 3.61. The quantitative estimate of drug-likeness (QED) is 0.471. The van der Waals surface area contributed by atoms with Crippen LogP contribution in [0.4, 0.5) is 0 Å². The summed E-state index contributed by atoms with van der Waals surface area (Å²) >= 11 is 0. The molecule has 0 saturated carbocycles. The molecule has 2 aliphatic rings. The van der Waals surface area contributed by atoms with Gasteiger partial charge in [-0.2, -0.15) is 0 Å². The van der Waals surface area contributed by atoms with Crippen LogP contribution in [0.25, 0.3) is 0 Å². The van der Waals surface area contributed by atoms with Crippen LogP contribution in [-0.2, 0) is 26.2 Å². The van der Waals surface area contributed by atoms with Gasteiger partial charge in [0.1, 0.15) is 0 Å². The fourth-order valence-corrected chi connectivity index (χ4v) is 1.20. The van der Waals surface area contributed by atoms with E-state index in [-0.39, 0.29) is 51.0 Å². The predicted octanol–water partition coefficient (Wildman–Crippen LogP) is -3.76. The van der Waals surface area contributed by atoms with E-state index in [0.29, 0.717) is 0 Å². The molecule has 1 heterocycles. The van der Waals surface area contributed by atoms with Crippen molar-refractivity contribution < 1.29 is 51.0 Å². The molecule has 0 saturated heterocycles. The van der Waals surface area contributed by atoms with E-state index in [1.807, 2.05) is 6.08 Å². The average Bonchev–Trinajstić information content (AvgIpc) is 2.42. The number of nitrogens with zero attached hydrogens (tertiary/aromatic N) is 1. The summed E-state index contributed by atoms with van der Waals surface area (Å²) in [7, 11) is 0. The number of rotatable bonds is 1. The Balaban J connectivity index is 0. The minimum atomic E-state index is 0. The van der Waals surface area contributed by atoms with Gasteiger partial charge < -0.3 is 24.8 Å². The van der Waals surface area contributed by atoms with Crippen molar-refractivity contribution in [2.45, 2.75) is 13.3 Å². The second kappa shape index (κ2) is 6.75. The summed E-state index contributed by atoms with van der Waals surface area (Å²) in [6, 6.07) is 0. The first-order valence-corrected chi connectivity index (χ1v) is 3.58. The van der Waals surface area contributed by atoms with E-state index in [2.05, 4.69) is 30.1 Å². The summed E-state index contributed by atoms with van der Waals surface area (Å²) in [5, 5.41) is 0. The Morgan fingerprint density at radius 1 is 1.31 bits per heavy atom. The molecular weight excluding hydrogens is 284 g/mol. The zero-order valence-corrected chi connectivity index (χ0v) is 11.2. The molecule has 68 valence electrons. The molecule has 1 aliphatic carbocycles. The molecule has 0 aromatic carbocycles. The van der Waals surface area contributed by atoms with E-state index in [9.17, 15) is 0 Å². The fourth-order valence-electron chi connectivity index (χ4n) is 1.20. The van der Waals surface area contributed by atoms with Gasteiger partial charge in [-0.1, -0.05) is 19.1 Å². The van der Waals surface area contributed by atoms with Gasteiger partial charge in [0.15, 0.2) is 0 Å². The van der Waals surface area contributed by atoms with Gasteiger partial charge in [0.2, 0.25) is 0 Å². The molecule has 0 aromatic heterocycles. The zero-order chi connectivity index (χ0) is 6.97. The van der Waals surface area contributed by atoms with Crippen LogP contribution in [0.5, 0.6) is 0 Å². The molecule has 1 nitrogen and oxygen atoms in total. The topological polar surface area (TPSA) is 12.4 Å². The Morgan fingerprint density at radius 2 is 2.00 bits per heavy atom. The van der Waals surface area contributed by atoms with Crippen LogP contribution in [0.3, 0.4) is 0 Å². The molecule has 0 bridgehead atoms. The van der Waals surface area contributed by atoms with Crippen molar-refractivity contribution in [2.75, 3.05) is 0 Å². The zero-order valence-electron chi connectivity index (χ0n) is 7.22. The molecule has 0 aromatic rings. The molecular formula is C9H9Cl2NZr. The van der Waals surface area contributed by atoms with E-state index >= 15 is 0 Å². The molecule has 0 spiro atoms. The van der Waals surface area contributed by atoms with Crippen molar-refractivity contribution >= 4 is 5.71 Å². The van der Waals surface area contributed by atoms with Crippen molar-refractivity contribution in [3.8, 4) is 0 Å². The van der Waals surface area contributed by atoms with E-state index in [1.54, 1.807) is 0 Å². The third kappa shape index (κ3) is 3.20. The van der Waals surface area contributed by atoms with Crippen molar-refractivity contribution in [1.82, 2.24) is 0 Å². The summed E-state index contributed by atoms with van der Waals surface area (Å²) < 4.78 is 0. The molecule has 0 atom stereocenters. The van der Waals surface area contributed by atoms with E-state index in [0.717, 1.165) is 12.1 Å². The van der Waals surface area contributed by atoms with Gasteiger partial charge in [-0.3, -0.25) is 4.99 Å². The molecule has 4 heteroatoms. The number of hydrogen-bond acceptors (Lipinski definition) is 1. The standard InChI is InChI=1S/C9H9N.2ClH.Zr/c1-2-8-6-7-4-3-5-9(7)10-8;;;/h3-6H,2H2,1H3;2*1H;/q;;;+2/p-2. The third-order valence-corrected chi connectivity index (χ3v) is 1.77. The molecule has 0 amide bonds. The second-order valence-corrected chi connectivity index (χ2v) is 2.47. The van der Waals surface area contributed by atoms with Gasteiger partial charge >= 0.3 is 26.2 Å². The number of allylic oxidation sites excluding steroid dienone is 4. The minimum Gasteiger partial charge on any atom is -1.00 e. The van der Waals surface area contributed by atoms with E-state index in [1.165, 1.54) is 11.3 Å². The van der Waals surface area contributed by atoms with Crippen LogP contribution in [0.15, 0.2) is 40.6 Å². The minimum absolute atomic E-state index is 0. The monoisotopic (exact) mass is 291 g/mol. The van der Waals surface area contributed by atoms with Crippen LogP contribution in [-0.4, -0.2) is 5.71 Å². The second-order valence-electron chi connectivity index (χ2n) is 2.47. The third-order valence-electron chi connectivity index (χ3n) is 1.77. The van der Waals surface area contributed by atoms with Gasteiger partial charge in [0.05, 0.1) is 5.70 Å². The SMILES string of the molecule is CCC1=NC2=CC=CC2=C1.[Cl-].[Cl-].[Zr+2]. The van der Waals surface area contributed by atoms with Gasteiger partial charge in [-0.05, 0) is 18.6 Å². The molecule has 1 aliphatic heterocycles. The van der Waals surface area contributed by atoms with E-state index in [4.69, 9.17) is 0 Å². The van der Waals surface area contributed by atoms with Crippen LogP contribution in [0, 0.1) is 0 Å². The van der Waals surface area contributed by atoms with Crippen molar-refractivity contribution in [1.29, 1.82) is 0 Å². The van der Waals surface area contributed by atoms with Gasteiger partial charge in [0.25, 0.3) is 0 Å². The Kier molecular flexibility index (Phi) is 8.21. The smallest absolute Gasteiger partial charge is 1.00 e. The molecule has 0 fully saturated rings. The van der Waals surface area contributed by atoms with E-state index < -0.39 is 0 Å². The molecule has 2 rings (SSSR count). The number of halogens is 2. The fraction of sp³-hybridized carbons (Fsp3) is 0.222. The van der Waals surface area contributed by atoms with Crippen molar-refractivity contribution in [3.63, 3.8) is 0 Å². The van der Waals surface area contributed by atoms with Crippen LogP contribution >= 0.6 is 0 Å². The maximum Gasteiger partial charge on any atom is 2.00 e. The van der Waals surface area contributed by atoms with Gasteiger partial charge in [-0.15, -0.1) is 0 Å². The van der Waals surface area contributed by atoms with Crippen LogP contribution < -0.4 is 24.8 Å². The Labute approximate surface area is 110 Å². The molecule has 0 radical (unpaired) electrons. The van der Waals surface area contributed by atoms with Crippen LogP contribution in [0.2, 0.25) is 0 Å². The molecule has 0 N–H and O–H groups in total. The Bertz CT molecular complexity index is 290. The average molecular weight is 293 g/mol. The first kappa shape index (κ1) is 15.8. The summed E-state index contributed by atoms with van der Waals surface area (Å²) in [6.45, 7) is 2.13. The summed E-state index contributed by atoms with van der Waals surface area (Å²) in [6.07, 6.45) is 9.37. The first-order chi connectivity index (χ1) is 4.90.